The zero-order valence-corrected chi connectivity index (χ0v) is 18.9. The van der Waals surface area contributed by atoms with Gasteiger partial charge in [-0.05, 0) is 50.1 Å². The predicted molar refractivity (Wildman–Crippen MR) is 117 cm³/mol. The lowest BCUT2D eigenvalue weighted by Gasteiger charge is -2.20. The van der Waals surface area contributed by atoms with Gasteiger partial charge in [0, 0.05) is 18.0 Å². The number of hydrogen-bond acceptors (Lipinski definition) is 6. The third kappa shape index (κ3) is 5.60. The molecule has 3 rings (SSSR count). The van der Waals surface area contributed by atoms with E-state index in [1.807, 2.05) is 6.92 Å². The van der Waals surface area contributed by atoms with Gasteiger partial charge < -0.3 is 10.1 Å². The van der Waals surface area contributed by atoms with Gasteiger partial charge in [-0.1, -0.05) is 24.4 Å². The van der Waals surface area contributed by atoms with E-state index in [0.29, 0.717) is 18.0 Å². The first kappa shape index (κ1) is 22.7. The minimum atomic E-state index is -3.68. The van der Waals surface area contributed by atoms with Gasteiger partial charge in [0.2, 0.25) is 10.0 Å². The highest BCUT2D eigenvalue weighted by Gasteiger charge is 2.26. The van der Waals surface area contributed by atoms with E-state index in [1.165, 1.54) is 33.8 Å². The number of esters is 1. The summed E-state index contributed by atoms with van der Waals surface area (Å²) in [4.78, 5) is 25.6. The highest BCUT2D eigenvalue weighted by molar-refractivity contribution is 7.89. The second-order valence-corrected chi connectivity index (χ2v) is 10.6. The van der Waals surface area contributed by atoms with E-state index in [4.69, 9.17) is 16.3 Å². The molecule has 2 aromatic rings. The molecule has 7 nitrogen and oxygen atoms in total. The van der Waals surface area contributed by atoms with Gasteiger partial charge in [0.15, 0.2) is 6.61 Å². The van der Waals surface area contributed by atoms with Crippen molar-refractivity contribution in [2.24, 2.45) is 0 Å². The van der Waals surface area contributed by atoms with Crippen molar-refractivity contribution in [1.82, 2.24) is 4.31 Å². The van der Waals surface area contributed by atoms with Crippen LogP contribution in [0, 0.1) is 6.92 Å². The number of nitrogens with one attached hydrogen (secondary N) is 1. The van der Waals surface area contributed by atoms with Crippen LogP contribution < -0.4 is 5.32 Å². The summed E-state index contributed by atoms with van der Waals surface area (Å²) in [6.07, 6.45) is 3.67. The molecule has 0 atom stereocenters. The molecule has 0 saturated carbocycles. The third-order valence-corrected chi connectivity index (χ3v) is 7.90. The van der Waals surface area contributed by atoms with Crippen LogP contribution in [0.2, 0.25) is 5.02 Å². The Hall–Kier alpha value is -1.94. The van der Waals surface area contributed by atoms with Crippen LogP contribution in [-0.4, -0.2) is 44.3 Å². The van der Waals surface area contributed by atoms with E-state index in [-0.39, 0.29) is 15.6 Å². The standard InChI is InChI=1S/C20H23ClN2O5S2/c1-14-6-9-18(29-14)20(25)28-13-19(24)22-17-12-15(7-8-16(17)21)30(26,27)23-10-4-2-3-5-11-23/h6-9,12H,2-5,10-11,13H2,1H3,(H,22,24). The van der Waals surface area contributed by atoms with E-state index >= 15 is 0 Å². The van der Waals surface area contributed by atoms with Crippen LogP contribution in [0.3, 0.4) is 0 Å². The van der Waals surface area contributed by atoms with Crippen LogP contribution in [0.4, 0.5) is 5.69 Å². The Balaban J connectivity index is 1.67. The first-order valence-electron chi connectivity index (χ1n) is 9.60. The summed E-state index contributed by atoms with van der Waals surface area (Å²) in [5.41, 5.74) is 0.153. The fraction of sp³-hybridized carbons (Fsp3) is 0.400. The van der Waals surface area contributed by atoms with Crippen molar-refractivity contribution in [3.63, 3.8) is 0 Å². The Morgan fingerprint density at radius 1 is 1.13 bits per heavy atom. The van der Waals surface area contributed by atoms with Crippen LogP contribution in [0.1, 0.15) is 40.2 Å². The van der Waals surface area contributed by atoms with E-state index in [0.717, 1.165) is 30.6 Å². The quantitative estimate of drug-likeness (QED) is 0.642. The molecule has 30 heavy (non-hydrogen) atoms. The number of ether oxygens (including phenoxy) is 1. The van der Waals surface area contributed by atoms with Crippen LogP contribution in [-0.2, 0) is 19.6 Å². The average molecular weight is 471 g/mol. The van der Waals surface area contributed by atoms with Gasteiger partial charge in [0.05, 0.1) is 15.6 Å². The van der Waals surface area contributed by atoms with Crippen molar-refractivity contribution in [3.05, 3.63) is 45.1 Å². The lowest BCUT2D eigenvalue weighted by Crippen LogP contribution is -2.32. The summed E-state index contributed by atoms with van der Waals surface area (Å²) < 4.78 is 32.4. The fourth-order valence-corrected chi connectivity index (χ4v) is 5.59. The summed E-state index contributed by atoms with van der Waals surface area (Å²) in [5, 5.41) is 2.72. The smallest absolute Gasteiger partial charge is 0.348 e. The number of carbonyl (C=O) groups is 2. The van der Waals surface area contributed by atoms with Crippen molar-refractivity contribution in [3.8, 4) is 0 Å². The lowest BCUT2D eigenvalue weighted by atomic mass is 10.2. The monoisotopic (exact) mass is 470 g/mol. The Bertz CT molecular complexity index is 1030. The van der Waals surface area contributed by atoms with Gasteiger partial charge in [0.25, 0.3) is 5.91 Å². The number of aryl methyl sites for hydroxylation is 1. The molecule has 2 heterocycles. The Labute approximate surface area is 185 Å². The number of rotatable bonds is 6. The Kier molecular flexibility index (Phi) is 7.51. The van der Waals surface area contributed by atoms with E-state index < -0.39 is 28.5 Å². The second kappa shape index (κ2) is 9.91. The highest BCUT2D eigenvalue weighted by Crippen LogP contribution is 2.28. The summed E-state index contributed by atoms with van der Waals surface area (Å²) in [5.74, 6) is -1.20. The van der Waals surface area contributed by atoms with Crippen molar-refractivity contribution in [1.29, 1.82) is 0 Å². The third-order valence-electron chi connectivity index (χ3n) is 4.69. The maximum Gasteiger partial charge on any atom is 0.348 e. The van der Waals surface area contributed by atoms with Gasteiger partial charge in [0.1, 0.15) is 4.88 Å². The number of hydrogen-bond donors (Lipinski definition) is 1. The highest BCUT2D eigenvalue weighted by atomic mass is 35.5. The summed E-state index contributed by atoms with van der Waals surface area (Å²) in [6.45, 7) is 2.31. The minimum Gasteiger partial charge on any atom is -0.451 e. The first-order valence-corrected chi connectivity index (χ1v) is 12.2. The molecule has 1 fully saturated rings. The van der Waals surface area contributed by atoms with Gasteiger partial charge in [-0.2, -0.15) is 4.31 Å². The zero-order chi connectivity index (χ0) is 21.7. The molecule has 1 aromatic heterocycles. The van der Waals surface area contributed by atoms with E-state index in [2.05, 4.69) is 5.32 Å². The molecule has 0 bridgehead atoms. The Morgan fingerprint density at radius 2 is 1.83 bits per heavy atom. The lowest BCUT2D eigenvalue weighted by molar-refractivity contribution is -0.119. The SMILES string of the molecule is Cc1ccc(C(=O)OCC(=O)Nc2cc(S(=O)(=O)N3CCCCCC3)ccc2Cl)s1. The maximum atomic E-state index is 13.0. The molecule has 1 N–H and O–H groups in total. The summed E-state index contributed by atoms with van der Waals surface area (Å²) >= 11 is 7.41. The number of halogens is 1. The van der Waals surface area contributed by atoms with Gasteiger partial charge in [-0.15, -0.1) is 11.3 Å². The fourth-order valence-electron chi connectivity index (χ4n) is 3.12. The maximum absolute atomic E-state index is 13.0. The average Bonchev–Trinajstić information content (AvgIpc) is 2.97. The number of amides is 1. The van der Waals surface area contributed by atoms with Crippen molar-refractivity contribution >= 4 is 50.5 Å². The molecular formula is C20H23ClN2O5S2. The van der Waals surface area contributed by atoms with Gasteiger partial charge in [-0.25, -0.2) is 13.2 Å². The molecular weight excluding hydrogens is 448 g/mol. The number of sulfonamides is 1. The normalized spacial score (nSPS) is 15.4. The predicted octanol–water partition coefficient (Wildman–Crippen LogP) is 4.07. The molecule has 0 radical (unpaired) electrons. The molecule has 0 unspecified atom stereocenters. The van der Waals surface area contributed by atoms with Crippen LogP contribution in [0.15, 0.2) is 35.2 Å². The molecule has 1 amide bonds. The van der Waals surface area contributed by atoms with E-state index in [1.54, 1.807) is 12.1 Å². The van der Waals surface area contributed by atoms with Crippen LogP contribution in [0.25, 0.3) is 0 Å². The molecule has 1 saturated heterocycles. The van der Waals surface area contributed by atoms with Crippen molar-refractivity contribution < 1.29 is 22.7 Å². The number of thiophene rings is 1. The zero-order valence-electron chi connectivity index (χ0n) is 16.5. The van der Waals surface area contributed by atoms with Crippen LogP contribution >= 0.6 is 22.9 Å². The topological polar surface area (TPSA) is 92.8 Å². The largest absolute Gasteiger partial charge is 0.451 e. The number of benzene rings is 1. The van der Waals surface area contributed by atoms with E-state index in [9.17, 15) is 18.0 Å². The van der Waals surface area contributed by atoms with Gasteiger partial charge >= 0.3 is 5.97 Å². The molecule has 1 aliphatic rings. The molecule has 0 spiro atoms. The van der Waals surface area contributed by atoms with Crippen molar-refractivity contribution in [2.45, 2.75) is 37.5 Å². The number of nitrogens with zero attached hydrogens (tertiary/aromatic N) is 1. The first-order chi connectivity index (χ1) is 14.3. The van der Waals surface area contributed by atoms with Crippen molar-refractivity contribution in [2.75, 3.05) is 25.0 Å². The molecule has 1 aliphatic heterocycles. The second-order valence-electron chi connectivity index (χ2n) is 6.99. The Morgan fingerprint density at radius 3 is 2.47 bits per heavy atom. The number of anilines is 1. The number of carbonyl (C=O) groups excluding carboxylic acids is 2. The molecule has 0 aliphatic carbocycles. The molecule has 1 aromatic carbocycles. The van der Waals surface area contributed by atoms with Crippen LogP contribution in [0.5, 0.6) is 0 Å². The summed E-state index contributed by atoms with van der Waals surface area (Å²) in [7, 11) is -3.68. The minimum absolute atomic E-state index is 0.0650. The van der Waals surface area contributed by atoms with Gasteiger partial charge in [-0.3, -0.25) is 4.79 Å². The molecule has 162 valence electrons. The summed E-state index contributed by atoms with van der Waals surface area (Å²) in [6, 6.07) is 7.62. The molecule has 10 heteroatoms.